The molecule has 2 N–H and O–H groups in total. The molecule has 0 aliphatic heterocycles. The molecule has 1 unspecified atom stereocenters. The second-order valence-electron chi connectivity index (χ2n) is 5.69. The van der Waals surface area contributed by atoms with Gasteiger partial charge in [-0.05, 0) is 31.9 Å². The highest BCUT2D eigenvalue weighted by molar-refractivity contribution is 6.31. The van der Waals surface area contributed by atoms with Crippen LogP contribution in [0, 0.1) is 5.82 Å². The summed E-state index contributed by atoms with van der Waals surface area (Å²) in [5.41, 5.74) is 0.0228. The van der Waals surface area contributed by atoms with Gasteiger partial charge in [0.1, 0.15) is 5.82 Å². The van der Waals surface area contributed by atoms with E-state index in [1.54, 1.807) is 13.1 Å². The highest BCUT2D eigenvalue weighted by Gasteiger charge is 2.23. The molecule has 1 aromatic rings. The number of aliphatic hydroxyl groups is 1. The first-order chi connectivity index (χ1) is 10.3. The second-order valence-corrected chi connectivity index (χ2v) is 6.10. The molecule has 4 nitrogen and oxygen atoms in total. The Kier molecular flexibility index (Phi) is 7.26. The zero-order valence-corrected chi connectivity index (χ0v) is 14.1. The number of nitrogens with one attached hydrogen (secondary N) is 1. The number of hydrogen-bond acceptors (Lipinski definition) is 3. The van der Waals surface area contributed by atoms with Crippen molar-refractivity contribution in [2.24, 2.45) is 0 Å². The number of aliphatic hydroxyl groups excluding tert-OH is 1. The standard InChI is InChI=1S/C16H24ClFN2O2/c1-4-16(2,8-9-21)19-10-15(22)20(3)11-12-13(17)6-5-7-14(12)18/h5-7,19,21H,4,8-11H2,1-3H3. The Bertz CT molecular complexity index is 493. The van der Waals surface area contributed by atoms with Crippen LogP contribution in [0.5, 0.6) is 0 Å². The Hall–Kier alpha value is -1.17. The second kappa shape index (κ2) is 8.46. The topological polar surface area (TPSA) is 52.6 Å². The SMILES string of the molecule is CCC(C)(CCO)NCC(=O)N(C)Cc1c(F)cccc1Cl. The highest BCUT2D eigenvalue weighted by Crippen LogP contribution is 2.20. The average Bonchev–Trinajstić information content (AvgIpc) is 2.48. The summed E-state index contributed by atoms with van der Waals surface area (Å²) in [5.74, 6) is -0.573. The first-order valence-corrected chi connectivity index (χ1v) is 7.73. The van der Waals surface area contributed by atoms with Crippen LogP contribution in [-0.2, 0) is 11.3 Å². The van der Waals surface area contributed by atoms with Crippen molar-refractivity contribution in [1.29, 1.82) is 0 Å². The lowest BCUT2D eigenvalue weighted by atomic mass is 9.95. The highest BCUT2D eigenvalue weighted by atomic mass is 35.5. The van der Waals surface area contributed by atoms with E-state index >= 15 is 0 Å². The molecule has 0 saturated carbocycles. The van der Waals surface area contributed by atoms with E-state index in [0.717, 1.165) is 6.42 Å². The Morgan fingerprint density at radius 1 is 1.50 bits per heavy atom. The van der Waals surface area contributed by atoms with Gasteiger partial charge in [-0.2, -0.15) is 0 Å². The first kappa shape index (κ1) is 18.9. The van der Waals surface area contributed by atoms with Crippen molar-refractivity contribution in [3.05, 3.63) is 34.6 Å². The fourth-order valence-electron chi connectivity index (χ4n) is 2.07. The molecular weight excluding hydrogens is 307 g/mol. The van der Waals surface area contributed by atoms with E-state index < -0.39 is 5.82 Å². The lowest BCUT2D eigenvalue weighted by molar-refractivity contribution is -0.129. The van der Waals surface area contributed by atoms with Gasteiger partial charge in [-0.3, -0.25) is 4.79 Å². The molecule has 0 aliphatic rings. The molecule has 0 radical (unpaired) electrons. The number of rotatable bonds is 8. The smallest absolute Gasteiger partial charge is 0.236 e. The molecule has 1 aromatic carbocycles. The zero-order chi connectivity index (χ0) is 16.8. The van der Waals surface area contributed by atoms with Crippen molar-refractivity contribution in [2.45, 2.75) is 38.8 Å². The van der Waals surface area contributed by atoms with Crippen molar-refractivity contribution in [1.82, 2.24) is 10.2 Å². The van der Waals surface area contributed by atoms with Crippen LogP contribution >= 0.6 is 11.6 Å². The quantitative estimate of drug-likeness (QED) is 0.770. The van der Waals surface area contributed by atoms with E-state index in [-0.39, 0.29) is 31.1 Å². The van der Waals surface area contributed by atoms with Crippen molar-refractivity contribution >= 4 is 17.5 Å². The van der Waals surface area contributed by atoms with E-state index in [0.29, 0.717) is 17.0 Å². The predicted octanol–water partition coefficient (Wildman–Crippen LogP) is 2.58. The summed E-state index contributed by atoms with van der Waals surface area (Å²) < 4.78 is 13.7. The Morgan fingerprint density at radius 3 is 2.73 bits per heavy atom. The molecule has 22 heavy (non-hydrogen) atoms. The molecule has 0 heterocycles. The molecule has 0 fully saturated rings. The van der Waals surface area contributed by atoms with Gasteiger partial charge in [-0.15, -0.1) is 0 Å². The number of hydrogen-bond donors (Lipinski definition) is 2. The van der Waals surface area contributed by atoms with Crippen LogP contribution in [0.2, 0.25) is 5.02 Å². The van der Waals surface area contributed by atoms with Gasteiger partial charge in [-0.25, -0.2) is 4.39 Å². The Balaban J connectivity index is 2.62. The third-order valence-electron chi connectivity index (χ3n) is 3.99. The van der Waals surface area contributed by atoms with Crippen LogP contribution in [-0.4, -0.2) is 41.7 Å². The molecule has 0 aliphatic carbocycles. The van der Waals surface area contributed by atoms with Gasteiger partial charge in [0.2, 0.25) is 5.91 Å². The van der Waals surface area contributed by atoms with E-state index in [4.69, 9.17) is 16.7 Å². The molecule has 0 aromatic heterocycles. The molecule has 1 atom stereocenters. The monoisotopic (exact) mass is 330 g/mol. The summed E-state index contributed by atoms with van der Waals surface area (Å²) in [6.07, 6.45) is 1.36. The van der Waals surface area contributed by atoms with Gasteiger partial charge in [0.05, 0.1) is 6.54 Å². The van der Waals surface area contributed by atoms with Gasteiger partial charge in [0.25, 0.3) is 0 Å². The lowest BCUT2D eigenvalue weighted by Gasteiger charge is -2.30. The van der Waals surface area contributed by atoms with Crippen LogP contribution in [0.15, 0.2) is 18.2 Å². The van der Waals surface area contributed by atoms with Gasteiger partial charge < -0.3 is 15.3 Å². The average molecular weight is 331 g/mol. The predicted molar refractivity (Wildman–Crippen MR) is 86.3 cm³/mol. The largest absolute Gasteiger partial charge is 0.396 e. The number of amides is 1. The van der Waals surface area contributed by atoms with Gasteiger partial charge in [-0.1, -0.05) is 24.6 Å². The van der Waals surface area contributed by atoms with E-state index in [2.05, 4.69) is 5.32 Å². The number of likely N-dealkylation sites (N-methyl/N-ethyl adjacent to an activating group) is 1. The molecular formula is C16H24ClFN2O2. The minimum absolute atomic E-state index is 0.0617. The zero-order valence-electron chi connectivity index (χ0n) is 13.3. The first-order valence-electron chi connectivity index (χ1n) is 7.35. The fraction of sp³-hybridized carbons (Fsp3) is 0.562. The molecule has 1 rings (SSSR count). The number of nitrogens with zero attached hydrogens (tertiary/aromatic N) is 1. The Morgan fingerprint density at radius 2 is 2.18 bits per heavy atom. The normalized spacial score (nSPS) is 13.7. The van der Waals surface area contributed by atoms with Crippen molar-refractivity contribution < 1.29 is 14.3 Å². The minimum atomic E-state index is -0.418. The van der Waals surface area contributed by atoms with Crippen LogP contribution in [0.3, 0.4) is 0 Å². The van der Waals surface area contributed by atoms with Gasteiger partial charge in [0, 0.05) is 36.3 Å². The Labute approximate surface area is 136 Å². The maximum absolute atomic E-state index is 13.7. The number of benzene rings is 1. The van der Waals surface area contributed by atoms with Crippen LogP contribution < -0.4 is 5.32 Å². The molecule has 124 valence electrons. The summed E-state index contributed by atoms with van der Waals surface area (Å²) >= 11 is 5.97. The van der Waals surface area contributed by atoms with Gasteiger partial charge >= 0.3 is 0 Å². The van der Waals surface area contributed by atoms with Crippen molar-refractivity contribution in [3.8, 4) is 0 Å². The molecule has 0 bridgehead atoms. The number of carbonyl (C=O) groups excluding carboxylic acids is 1. The molecule has 0 saturated heterocycles. The molecule has 1 amide bonds. The summed E-state index contributed by atoms with van der Waals surface area (Å²) in [6.45, 7) is 4.27. The van der Waals surface area contributed by atoms with E-state index in [1.165, 1.54) is 17.0 Å². The third-order valence-corrected chi connectivity index (χ3v) is 4.35. The van der Waals surface area contributed by atoms with Crippen molar-refractivity contribution in [3.63, 3.8) is 0 Å². The number of halogens is 2. The summed E-state index contributed by atoms with van der Waals surface area (Å²) in [4.78, 5) is 13.6. The van der Waals surface area contributed by atoms with Gasteiger partial charge in [0.15, 0.2) is 0 Å². The molecule has 6 heteroatoms. The minimum Gasteiger partial charge on any atom is -0.396 e. The van der Waals surface area contributed by atoms with Crippen molar-refractivity contribution in [2.75, 3.05) is 20.2 Å². The van der Waals surface area contributed by atoms with Crippen LogP contribution in [0.4, 0.5) is 4.39 Å². The van der Waals surface area contributed by atoms with Crippen LogP contribution in [0.25, 0.3) is 0 Å². The van der Waals surface area contributed by atoms with Crippen LogP contribution in [0.1, 0.15) is 32.3 Å². The maximum Gasteiger partial charge on any atom is 0.236 e. The summed E-state index contributed by atoms with van der Waals surface area (Å²) in [6, 6.07) is 4.46. The summed E-state index contributed by atoms with van der Waals surface area (Å²) in [7, 11) is 1.61. The molecule has 0 spiro atoms. The van der Waals surface area contributed by atoms with E-state index in [9.17, 15) is 9.18 Å². The third kappa shape index (κ3) is 5.23. The maximum atomic E-state index is 13.7. The number of carbonyl (C=O) groups is 1. The lowest BCUT2D eigenvalue weighted by Crippen LogP contribution is -2.47. The fourth-order valence-corrected chi connectivity index (χ4v) is 2.29. The summed E-state index contributed by atoms with van der Waals surface area (Å²) in [5, 5.41) is 12.5. The van der Waals surface area contributed by atoms with E-state index in [1.807, 2.05) is 13.8 Å².